The van der Waals surface area contributed by atoms with Gasteiger partial charge in [0.25, 0.3) is 5.56 Å². The fourth-order valence-electron chi connectivity index (χ4n) is 2.97. The van der Waals surface area contributed by atoms with Crippen molar-refractivity contribution in [2.45, 2.75) is 13.5 Å². The Morgan fingerprint density at radius 3 is 2.84 bits per heavy atom. The molecule has 0 aliphatic carbocycles. The Morgan fingerprint density at radius 2 is 1.96 bits per heavy atom. The molecule has 0 bridgehead atoms. The van der Waals surface area contributed by atoms with Crippen molar-refractivity contribution < 1.29 is 4.79 Å². The molecule has 0 fully saturated rings. The van der Waals surface area contributed by atoms with E-state index in [1.807, 2.05) is 49.4 Å². The van der Waals surface area contributed by atoms with Gasteiger partial charge in [-0.15, -0.1) is 0 Å². The van der Waals surface area contributed by atoms with Crippen LogP contribution in [0.1, 0.15) is 5.69 Å². The predicted molar refractivity (Wildman–Crippen MR) is 97.7 cm³/mol. The largest absolute Gasteiger partial charge is 0.343 e. The number of benzene rings is 2. The summed E-state index contributed by atoms with van der Waals surface area (Å²) in [4.78, 5) is 32.1. The quantitative estimate of drug-likeness (QED) is 0.605. The van der Waals surface area contributed by atoms with Gasteiger partial charge in [0.15, 0.2) is 0 Å². The summed E-state index contributed by atoms with van der Waals surface area (Å²) in [5.74, 6) is -0.271. The van der Waals surface area contributed by atoms with Crippen LogP contribution in [0.4, 0.5) is 5.69 Å². The number of hydrogen-bond donors (Lipinski definition) is 2. The third kappa shape index (κ3) is 2.78. The fraction of sp³-hybridized carbons (Fsp3) is 0.105. The number of H-pyrrole nitrogens is 1. The van der Waals surface area contributed by atoms with Crippen LogP contribution < -0.4 is 10.9 Å². The lowest BCUT2D eigenvalue weighted by atomic mass is 10.1. The molecule has 0 aliphatic rings. The van der Waals surface area contributed by atoms with Crippen molar-refractivity contribution in [1.82, 2.24) is 14.5 Å². The van der Waals surface area contributed by atoms with Crippen molar-refractivity contribution >= 4 is 33.4 Å². The molecule has 1 amide bonds. The maximum absolute atomic E-state index is 12.5. The highest BCUT2D eigenvalue weighted by molar-refractivity contribution is 6.02. The lowest BCUT2D eigenvalue weighted by molar-refractivity contribution is -0.116. The van der Waals surface area contributed by atoms with Crippen molar-refractivity contribution in [1.29, 1.82) is 0 Å². The molecule has 2 N–H and O–H groups in total. The first-order valence-corrected chi connectivity index (χ1v) is 7.94. The van der Waals surface area contributed by atoms with E-state index >= 15 is 0 Å². The number of nitrogens with one attached hydrogen (secondary N) is 2. The van der Waals surface area contributed by atoms with E-state index in [1.165, 1.54) is 10.9 Å². The standard InChI is InChI=1S/C19H16N4O2/c1-12-9-15-18(21-12)20-11-23(19(15)25)10-17(24)22-16-8-4-6-13-5-2-3-7-14(13)16/h2-9,11,21H,10H2,1H3,(H,22,24). The van der Waals surface area contributed by atoms with Crippen LogP contribution in [0.5, 0.6) is 0 Å². The number of rotatable bonds is 3. The van der Waals surface area contributed by atoms with Gasteiger partial charge in [0.05, 0.1) is 5.39 Å². The number of aromatic nitrogens is 3. The number of amides is 1. The fourth-order valence-corrected chi connectivity index (χ4v) is 2.97. The van der Waals surface area contributed by atoms with Crippen LogP contribution in [0.2, 0.25) is 0 Å². The smallest absolute Gasteiger partial charge is 0.263 e. The molecule has 6 heteroatoms. The van der Waals surface area contributed by atoms with Crippen molar-refractivity contribution in [2.75, 3.05) is 5.32 Å². The van der Waals surface area contributed by atoms with Gasteiger partial charge in [-0.2, -0.15) is 0 Å². The number of aryl methyl sites for hydroxylation is 1. The summed E-state index contributed by atoms with van der Waals surface area (Å²) in [6.07, 6.45) is 1.39. The van der Waals surface area contributed by atoms with Crippen LogP contribution in [0.3, 0.4) is 0 Å². The van der Waals surface area contributed by atoms with Gasteiger partial charge in [-0.25, -0.2) is 4.98 Å². The molecule has 0 saturated heterocycles. The molecule has 0 atom stereocenters. The Kier molecular flexibility index (Phi) is 3.57. The van der Waals surface area contributed by atoms with Gasteiger partial charge in [-0.1, -0.05) is 36.4 Å². The first-order valence-electron chi connectivity index (χ1n) is 7.94. The normalized spacial score (nSPS) is 11.1. The van der Waals surface area contributed by atoms with Gasteiger partial charge < -0.3 is 10.3 Å². The second kappa shape index (κ2) is 5.90. The molecule has 6 nitrogen and oxygen atoms in total. The number of hydrogen-bond acceptors (Lipinski definition) is 3. The zero-order valence-electron chi connectivity index (χ0n) is 13.6. The van der Waals surface area contributed by atoms with Gasteiger partial charge in [0.2, 0.25) is 5.91 Å². The molecule has 2 aromatic carbocycles. The van der Waals surface area contributed by atoms with Crippen LogP contribution in [-0.2, 0) is 11.3 Å². The molecule has 2 aromatic heterocycles. The SMILES string of the molecule is Cc1cc2c(=O)n(CC(=O)Nc3cccc4ccccc34)cnc2[nH]1. The highest BCUT2D eigenvalue weighted by atomic mass is 16.2. The maximum Gasteiger partial charge on any atom is 0.263 e. The first-order chi connectivity index (χ1) is 12.1. The first kappa shape index (κ1) is 15.1. The van der Waals surface area contributed by atoms with E-state index < -0.39 is 0 Å². The monoisotopic (exact) mass is 332 g/mol. The van der Waals surface area contributed by atoms with Crippen LogP contribution in [0, 0.1) is 6.92 Å². The minimum atomic E-state index is -0.271. The average molecular weight is 332 g/mol. The summed E-state index contributed by atoms with van der Waals surface area (Å²) in [5.41, 5.74) is 1.89. The topological polar surface area (TPSA) is 79.8 Å². The van der Waals surface area contributed by atoms with Crippen LogP contribution in [-0.4, -0.2) is 20.4 Å². The van der Waals surface area contributed by atoms with Gasteiger partial charge in [0, 0.05) is 16.8 Å². The van der Waals surface area contributed by atoms with E-state index in [2.05, 4.69) is 15.3 Å². The Balaban J connectivity index is 1.62. The molecular weight excluding hydrogens is 316 g/mol. The number of fused-ring (bicyclic) bond motifs is 2. The molecule has 0 spiro atoms. The van der Waals surface area contributed by atoms with E-state index in [4.69, 9.17) is 0 Å². The molecule has 4 aromatic rings. The molecule has 124 valence electrons. The summed E-state index contributed by atoms with van der Waals surface area (Å²) >= 11 is 0. The zero-order chi connectivity index (χ0) is 17.4. The van der Waals surface area contributed by atoms with Crippen molar-refractivity contribution in [2.24, 2.45) is 0 Å². The molecule has 2 heterocycles. The molecular formula is C19H16N4O2. The van der Waals surface area contributed by atoms with E-state index in [1.54, 1.807) is 6.07 Å². The summed E-state index contributed by atoms with van der Waals surface area (Å²) in [7, 11) is 0. The lowest BCUT2D eigenvalue weighted by Gasteiger charge is -2.09. The molecule has 4 rings (SSSR count). The summed E-state index contributed by atoms with van der Waals surface area (Å²) in [5, 5.41) is 5.37. The lowest BCUT2D eigenvalue weighted by Crippen LogP contribution is -2.27. The molecule has 0 saturated carbocycles. The van der Waals surface area contributed by atoms with E-state index in [0.717, 1.165) is 22.2 Å². The minimum Gasteiger partial charge on any atom is -0.343 e. The maximum atomic E-state index is 12.5. The van der Waals surface area contributed by atoms with Crippen LogP contribution in [0.15, 0.2) is 59.7 Å². The van der Waals surface area contributed by atoms with Crippen molar-refractivity contribution in [3.05, 3.63) is 70.9 Å². The number of carbonyl (C=O) groups is 1. The summed E-state index contributed by atoms with van der Waals surface area (Å²) < 4.78 is 1.32. The second-order valence-corrected chi connectivity index (χ2v) is 5.97. The summed E-state index contributed by atoms with van der Waals surface area (Å²) in [6, 6.07) is 15.3. The minimum absolute atomic E-state index is 0.0881. The second-order valence-electron chi connectivity index (χ2n) is 5.97. The van der Waals surface area contributed by atoms with E-state index in [-0.39, 0.29) is 18.0 Å². The van der Waals surface area contributed by atoms with Gasteiger partial charge in [0.1, 0.15) is 18.5 Å². The highest BCUT2D eigenvalue weighted by Gasteiger charge is 2.11. The number of carbonyl (C=O) groups excluding carboxylic acids is 1. The Bertz CT molecular complexity index is 1150. The molecule has 0 aliphatic heterocycles. The number of anilines is 1. The Labute approximate surface area is 143 Å². The average Bonchev–Trinajstić information content (AvgIpc) is 2.99. The van der Waals surface area contributed by atoms with Crippen molar-refractivity contribution in [3.63, 3.8) is 0 Å². The number of nitrogens with zero attached hydrogens (tertiary/aromatic N) is 2. The van der Waals surface area contributed by atoms with Gasteiger partial charge >= 0.3 is 0 Å². The Hall–Kier alpha value is -3.41. The Morgan fingerprint density at radius 1 is 1.16 bits per heavy atom. The van der Waals surface area contributed by atoms with Crippen LogP contribution in [0.25, 0.3) is 21.8 Å². The predicted octanol–water partition coefficient (Wildman–Crippen LogP) is 2.82. The molecule has 0 unspecified atom stereocenters. The van der Waals surface area contributed by atoms with Crippen LogP contribution >= 0.6 is 0 Å². The zero-order valence-corrected chi connectivity index (χ0v) is 13.6. The van der Waals surface area contributed by atoms with Gasteiger partial charge in [-0.3, -0.25) is 14.2 Å². The third-order valence-electron chi connectivity index (χ3n) is 4.13. The highest BCUT2D eigenvalue weighted by Crippen LogP contribution is 2.22. The molecule has 25 heavy (non-hydrogen) atoms. The van der Waals surface area contributed by atoms with Gasteiger partial charge in [-0.05, 0) is 24.4 Å². The van der Waals surface area contributed by atoms with E-state index in [9.17, 15) is 9.59 Å². The van der Waals surface area contributed by atoms with Crippen molar-refractivity contribution in [3.8, 4) is 0 Å². The summed E-state index contributed by atoms with van der Waals surface area (Å²) in [6.45, 7) is 1.77. The molecule has 0 radical (unpaired) electrons. The number of aromatic amines is 1. The van der Waals surface area contributed by atoms with E-state index in [0.29, 0.717) is 11.0 Å². The third-order valence-corrected chi connectivity index (χ3v) is 4.13.